The zero-order valence-electron chi connectivity index (χ0n) is 43.3. The number of carbonyl (C=O) groups excluding carboxylic acids is 6. The Bertz CT molecular complexity index is 1510. The maximum absolute atomic E-state index is 13.0. The highest BCUT2D eigenvalue weighted by molar-refractivity contribution is 7.40. The van der Waals surface area contributed by atoms with Crippen molar-refractivity contribution >= 4 is 56.2 Å². The molecule has 1 saturated carbocycles. The molecule has 0 bridgehead atoms. The van der Waals surface area contributed by atoms with E-state index in [2.05, 4.69) is 35.8 Å². The number of rotatable bonds is 49. The second kappa shape index (κ2) is 45.8. The van der Waals surface area contributed by atoms with Crippen molar-refractivity contribution < 1.29 is 67.5 Å². The van der Waals surface area contributed by atoms with Gasteiger partial charge >= 0.3 is 11.9 Å². The van der Waals surface area contributed by atoms with E-state index in [9.17, 15) is 43.5 Å². The summed E-state index contributed by atoms with van der Waals surface area (Å²) in [5.41, 5.74) is 5.53. The van der Waals surface area contributed by atoms with Crippen molar-refractivity contribution in [3.8, 4) is 0 Å². The minimum atomic E-state index is -1.20. The average Bonchev–Trinajstić information content (AvgIpc) is 3.35. The highest BCUT2D eigenvalue weighted by Gasteiger charge is 2.30. The predicted octanol–water partition coefficient (Wildman–Crippen LogP) is 4.68. The van der Waals surface area contributed by atoms with Crippen molar-refractivity contribution in [3.63, 3.8) is 0 Å². The molecule has 1 rings (SSSR count). The number of carboxylic acid groups (broad SMARTS) is 2. The zero-order valence-corrected chi connectivity index (χ0v) is 44.5. The van der Waals surface area contributed by atoms with Gasteiger partial charge in [0.15, 0.2) is 5.52 Å². The van der Waals surface area contributed by atoms with Gasteiger partial charge in [-0.3, -0.25) is 33.6 Å². The Balaban J connectivity index is 1.97. The van der Waals surface area contributed by atoms with Crippen LogP contribution >= 0.6 is 9.24 Å². The van der Waals surface area contributed by atoms with Crippen molar-refractivity contribution in [1.82, 2.24) is 26.6 Å². The number of hydrogen-bond donors (Lipinski definition) is 8. The molecule has 1 fully saturated rings. The van der Waals surface area contributed by atoms with Crippen LogP contribution in [0.15, 0.2) is 0 Å². The molecule has 5 amide bonds. The maximum atomic E-state index is 13.0. The van der Waals surface area contributed by atoms with Crippen molar-refractivity contribution in [1.29, 1.82) is 0 Å². The number of hydrogen-bond acceptors (Lipinski definition) is 13. The van der Waals surface area contributed by atoms with E-state index < -0.39 is 24.0 Å². The Morgan fingerprint density at radius 2 is 0.931 bits per heavy atom. The van der Waals surface area contributed by atoms with Crippen LogP contribution in [0.25, 0.3) is 0 Å². The third-order valence-electron chi connectivity index (χ3n) is 12.6. The molecule has 0 aliphatic heterocycles. The van der Waals surface area contributed by atoms with Crippen LogP contribution in [-0.4, -0.2) is 148 Å². The number of ether oxygens (including phenoxy) is 4. The van der Waals surface area contributed by atoms with Crippen LogP contribution in [0.5, 0.6) is 0 Å². The smallest absolute Gasteiger partial charge is 0.326 e. The van der Waals surface area contributed by atoms with Crippen LogP contribution in [0.2, 0.25) is 0 Å². The van der Waals surface area contributed by atoms with Gasteiger partial charge in [-0.05, 0) is 70.1 Å². The van der Waals surface area contributed by atoms with E-state index in [1.54, 1.807) is 0 Å². The molecule has 1 aliphatic rings. The molecule has 0 saturated heterocycles. The first kappa shape index (κ1) is 66.2. The van der Waals surface area contributed by atoms with Crippen molar-refractivity contribution in [3.05, 3.63) is 0 Å². The van der Waals surface area contributed by atoms with E-state index in [1.807, 2.05) is 0 Å². The largest absolute Gasteiger partial charge is 0.481 e. The van der Waals surface area contributed by atoms with Gasteiger partial charge < -0.3 is 61.5 Å². The molecule has 0 spiro atoms. The van der Waals surface area contributed by atoms with Crippen LogP contribution < -0.4 is 32.3 Å². The summed E-state index contributed by atoms with van der Waals surface area (Å²) in [4.78, 5) is 95.1. The Labute approximate surface area is 431 Å². The fraction of sp³-hybridized carbons (Fsp3) is 0.843. The summed E-state index contributed by atoms with van der Waals surface area (Å²) in [6, 6.07) is -1.68. The first-order valence-electron chi connectivity index (χ1n) is 27.0. The highest BCUT2D eigenvalue weighted by Crippen LogP contribution is 2.29. The number of nitrogens with one attached hydrogen (secondary N) is 5. The molecule has 21 heteroatoms. The second-order valence-corrected chi connectivity index (χ2v) is 19.5. The summed E-state index contributed by atoms with van der Waals surface area (Å²) in [7, 11) is 2.07. The van der Waals surface area contributed by atoms with Crippen LogP contribution in [-0.2, 0) is 57.3 Å². The minimum Gasteiger partial charge on any atom is -0.481 e. The number of nitrogens with two attached hydrogens (primary N) is 1. The molecule has 0 aromatic carbocycles. The molecule has 0 aromatic heterocycles. The third kappa shape index (κ3) is 40.6. The number of carbonyl (C=O) groups is 8. The van der Waals surface area contributed by atoms with Crippen LogP contribution in [0.3, 0.4) is 0 Å². The lowest BCUT2D eigenvalue weighted by Crippen LogP contribution is -2.45. The lowest BCUT2D eigenvalue weighted by atomic mass is 9.81. The first-order valence-corrected chi connectivity index (χ1v) is 27.5. The van der Waals surface area contributed by atoms with Crippen molar-refractivity contribution in [2.45, 2.75) is 185 Å². The molecule has 0 radical (unpaired) electrons. The standard InChI is InChI=1S/C51H93N6O14P/c52-42(51(67)72)19-17-18-28-53-46(60)38-70-35-34-69-32-30-55-47(61)39-71-36-33-68-31-29-54-45(59)27-26-43(50(65)66)57-49(64)41-24-22-40(23-25-41)37-56-44(58)20-15-13-11-9-7-5-3-1-2-4-6-8-10-12-14-16-21-48(62)63/h40-43H,1-39,52,72H2,(H,53,60)(H,54,59)(H,55,61)(H,56,58)(H,57,64)(H,62,63)(H,65,66)/t40-,41-,42-,43-/m0/s1. The van der Waals surface area contributed by atoms with Gasteiger partial charge in [-0.2, -0.15) is 0 Å². The van der Waals surface area contributed by atoms with Gasteiger partial charge in [0.05, 0.1) is 45.7 Å². The molecule has 20 nitrogen and oxygen atoms in total. The fourth-order valence-electron chi connectivity index (χ4n) is 8.18. The summed E-state index contributed by atoms with van der Waals surface area (Å²) < 4.78 is 21.4. The van der Waals surface area contributed by atoms with Crippen molar-refractivity contribution in [2.75, 3.05) is 79.0 Å². The van der Waals surface area contributed by atoms with Crippen LogP contribution in [0.4, 0.5) is 0 Å². The van der Waals surface area contributed by atoms with Crippen LogP contribution in [0.1, 0.15) is 173 Å². The number of unbranched alkanes of at least 4 members (excludes halogenated alkanes) is 16. The summed E-state index contributed by atoms with van der Waals surface area (Å²) in [6.45, 7) is 2.49. The van der Waals surface area contributed by atoms with E-state index in [0.29, 0.717) is 45.2 Å². The van der Waals surface area contributed by atoms with Crippen LogP contribution in [0, 0.1) is 11.8 Å². The van der Waals surface area contributed by atoms with Gasteiger partial charge in [0.1, 0.15) is 19.3 Å². The van der Waals surface area contributed by atoms with E-state index in [-0.39, 0.29) is 132 Å². The zero-order chi connectivity index (χ0) is 52.9. The van der Waals surface area contributed by atoms with E-state index in [1.165, 1.54) is 64.2 Å². The predicted molar refractivity (Wildman–Crippen MR) is 277 cm³/mol. The molecule has 416 valence electrons. The molecule has 0 heterocycles. The molecule has 1 unspecified atom stereocenters. The normalized spacial score (nSPS) is 15.2. The lowest BCUT2D eigenvalue weighted by Gasteiger charge is -2.28. The monoisotopic (exact) mass is 1040 g/mol. The Morgan fingerprint density at radius 3 is 1.42 bits per heavy atom. The number of aliphatic carboxylic acids is 2. The molecule has 72 heavy (non-hydrogen) atoms. The Morgan fingerprint density at radius 1 is 0.486 bits per heavy atom. The number of carboxylic acids is 2. The Kier molecular flexibility index (Phi) is 42.1. The molecule has 0 aromatic rings. The first-order chi connectivity index (χ1) is 34.8. The quantitative estimate of drug-likeness (QED) is 0.0303. The van der Waals surface area contributed by atoms with Gasteiger partial charge in [-0.25, -0.2) is 4.79 Å². The average molecular weight is 1050 g/mol. The lowest BCUT2D eigenvalue weighted by molar-refractivity contribution is -0.143. The van der Waals surface area contributed by atoms with Gasteiger partial charge in [0.2, 0.25) is 29.5 Å². The van der Waals surface area contributed by atoms with E-state index in [0.717, 1.165) is 57.8 Å². The van der Waals surface area contributed by atoms with Gasteiger partial charge in [0, 0.05) is 51.4 Å². The third-order valence-corrected chi connectivity index (χ3v) is 13.0. The summed E-state index contributed by atoms with van der Waals surface area (Å²) in [5.74, 6) is -3.13. The topological polar surface area (TPSA) is 300 Å². The molecule has 3 atom stereocenters. The van der Waals surface area contributed by atoms with E-state index >= 15 is 0 Å². The summed E-state index contributed by atoms with van der Waals surface area (Å²) in [6.07, 6.45) is 24.1. The molecule has 9 N–H and O–H groups in total. The maximum Gasteiger partial charge on any atom is 0.326 e. The second-order valence-electron chi connectivity index (χ2n) is 18.9. The minimum absolute atomic E-state index is 0.0573. The van der Waals surface area contributed by atoms with Crippen molar-refractivity contribution in [2.24, 2.45) is 17.6 Å². The fourth-order valence-corrected chi connectivity index (χ4v) is 8.35. The SMILES string of the molecule is N[C@@H](CCCCNC(=O)COCCOCCNC(=O)COCCOCCNC(=O)CC[C@H](NC(=O)[C@H]1CC[C@H](CNC(=O)CCCCCCCCCCCCCCCCCCC(=O)O)CC1)C(=O)O)C(=O)P. The Hall–Kier alpha value is -3.81. The summed E-state index contributed by atoms with van der Waals surface area (Å²) in [5, 5.41) is 32.1. The number of amides is 5. The van der Waals surface area contributed by atoms with Gasteiger partial charge in [-0.15, -0.1) is 0 Å². The molecular weight excluding hydrogens is 952 g/mol. The van der Waals surface area contributed by atoms with Gasteiger partial charge in [-0.1, -0.05) is 99.1 Å². The molecule has 1 aliphatic carbocycles. The summed E-state index contributed by atoms with van der Waals surface area (Å²) >= 11 is 0. The highest BCUT2D eigenvalue weighted by atomic mass is 31.0. The molecular formula is C51H93N6O14P. The van der Waals surface area contributed by atoms with E-state index in [4.69, 9.17) is 29.8 Å². The van der Waals surface area contributed by atoms with Gasteiger partial charge in [0.25, 0.3) is 0 Å².